The molecule has 1 aliphatic heterocycles. The van der Waals surface area contributed by atoms with Crippen molar-refractivity contribution in [3.05, 3.63) is 11.8 Å². The fourth-order valence-corrected chi connectivity index (χ4v) is 3.17. The van der Waals surface area contributed by atoms with Gasteiger partial charge in [0.25, 0.3) is 5.91 Å². The van der Waals surface area contributed by atoms with E-state index in [1.807, 2.05) is 0 Å². The second-order valence-electron chi connectivity index (χ2n) is 5.95. The van der Waals surface area contributed by atoms with Gasteiger partial charge in [0.05, 0.1) is 6.54 Å². The summed E-state index contributed by atoms with van der Waals surface area (Å²) in [5, 5.41) is 7.31. The monoisotopic (exact) mass is 278 g/mol. The van der Waals surface area contributed by atoms with Crippen molar-refractivity contribution in [1.29, 1.82) is 0 Å². The molecule has 1 aliphatic carbocycles. The summed E-state index contributed by atoms with van der Waals surface area (Å²) in [6.07, 6.45) is 4.76. The molecule has 0 atom stereocenters. The van der Waals surface area contributed by atoms with E-state index in [1.54, 1.807) is 10.7 Å². The highest BCUT2D eigenvalue weighted by atomic mass is 16.5. The van der Waals surface area contributed by atoms with Crippen molar-refractivity contribution in [2.24, 2.45) is 0 Å². The summed E-state index contributed by atoms with van der Waals surface area (Å²) in [7, 11) is 4.19. The third-order valence-electron chi connectivity index (χ3n) is 4.59. The molecule has 1 aromatic heterocycles. The summed E-state index contributed by atoms with van der Waals surface area (Å²) < 4.78 is 7.12. The van der Waals surface area contributed by atoms with Crippen LogP contribution in [0.5, 0.6) is 5.88 Å². The summed E-state index contributed by atoms with van der Waals surface area (Å²) in [5.41, 5.74) is 0.556. The van der Waals surface area contributed by atoms with Crippen LogP contribution < -0.4 is 10.1 Å². The van der Waals surface area contributed by atoms with Crippen LogP contribution in [-0.4, -0.2) is 53.4 Å². The molecule has 2 heterocycles. The Kier molecular flexibility index (Phi) is 3.41. The van der Waals surface area contributed by atoms with Gasteiger partial charge in [0.2, 0.25) is 5.88 Å². The number of amides is 1. The number of likely N-dealkylation sites (N-methyl/N-ethyl adjacent to an activating group) is 1. The van der Waals surface area contributed by atoms with E-state index >= 15 is 0 Å². The summed E-state index contributed by atoms with van der Waals surface area (Å²) in [4.78, 5) is 14.5. The minimum Gasteiger partial charge on any atom is -0.476 e. The molecule has 0 saturated heterocycles. The van der Waals surface area contributed by atoms with Crippen molar-refractivity contribution in [2.45, 2.75) is 37.8 Å². The van der Waals surface area contributed by atoms with Crippen LogP contribution in [0.4, 0.5) is 0 Å². The third-order valence-corrected chi connectivity index (χ3v) is 4.59. The molecule has 0 bridgehead atoms. The molecule has 1 N–H and O–H groups in total. The number of ether oxygens (including phenoxy) is 1. The molecule has 0 spiro atoms. The molecule has 110 valence electrons. The zero-order valence-electron chi connectivity index (χ0n) is 12.2. The highest BCUT2D eigenvalue weighted by Crippen LogP contribution is 2.33. The van der Waals surface area contributed by atoms with Crippen LogP contribution in [0.2, 0.25) is 0 Å². The average molecular weight is 278 g/mol. The molecule has 1 saturated carbocycles. The van der Waals surface area contributed by atoms with Crippen LogP contribution in [0.3, 0.4) is 0 Å². The van der Waals surface area contributed by atoms with Crippen LogP contribution in [0.15, 0.2) is 6.07 Å². The largest absolute Gasteiger partial charge is 0.476 e. The molecular formula is C14H22N4O2. The highest BCUT2D eigenvalue weighted by molar-refractivity contribution is 5.92. The maximum atomic E-state index is 12.2. The topological polar surface area (TPSA) is 59.4 Å². The van der Waals surface area contributed by atoms with Gasteiger partial charge in [-0.3, -0.25) is 4.79 Å². The predicted molar refractivity (Wildman–Crippen MR) is 74.9 cm³/mol. The lowest BCUT2D eigenvalue weighted by atomic mass is 9.96. The Morgan fingerprint density at radius 1 is 1.50 bits per heavy atom. The molecule has 0 aromatic carbocycles. The van der Waals surface area contributed by atoms with E-state index in [0.717, 1.165) is 19.4 Å². The number of carbonyl (C=O) groups excluding carboxylic acids is 1. The zero-order valence-corrected chi connectivity index (χ0v) is 12.2. The lowest BCUT2D eigenvalue weighted by molar-refractivity contribution is 0.0894. The van der Waals surface area contributed by atoms with Gasteiger partial charge in [-0.15, -0.1) is 0 Å². The SMILES string of the molecule is CN(C)C1(CNC(=O)c2cc3n(n2)CCO3)CCCC1. The first-order valence-electron chi connectivity index (χ1n) is 7.27. The first-order chi connectivity index (χ1) is 9.61. The lowest BCUT2D eigenvalue weighted by Crippen LogP contribution is -2.50. The molecular weight excluding hydrogens is 256 g/mol. The van der Waals surface area contributed by atoms with Crippen molar-refractivity contribution in [1.82, 2.24) is 20.0 Å². The molecule has 0 unspecified atom stereocenters. The summed E-state index contributed by atoms with van der Waals surface area (Å²) in [5.74, 6) is 0.585. The quantitative estimate of drug-likeness (QED) is 0.888. The van der Waals surface area contributed by atoms with Crippen LogP contribution in [-0.2, 0) is 6.54 Å². The fraction of sp³-hybridized carbons (Fsp3) is 0.714. The summed E-state index contributed by atoms with van der Waals surface area (Å²) >= 11 is 0. The summed E-state index contributed by atoms with van der Waals surface area (Å²) in [6.45, 7) is 2.06. The first-order valence-corrected chi connectivity index (χ1v) is 7.27. The molecule has 0 radical (unpaired) electrons. The van der Waals surface area contributed by atoms with Crippen LogP contribution in [0.1, 0.15) is 36.2 Å². The smallest absolute Gasteiger partial charge is 0.271 e. The first kappa shape index (κ1) is 13.4. The molecule has 1 amide bonds. The average Bonchev–Trinajstić information content (AvgIpc) is 3.11. The number of rotatable bonds is 4. The Balaban J connectivity index is 1.63. The van der Waals surface area contributed by atoms with Crippen molar-refractivity contribution in [3.8, 4) is 5.88 Å². The van der Waals surface area contributed by atoms with Gasteiger partial charge in [-0.1, -0.05) is 12.8 Å². The van der Waals surface area contributed by atoms with Crippen LogP contribution in [0.25, 0.3) is 0 Å². The number of fused-ring (bicyclic) bond motifs is 1. The number of nitrogens with zero attached hydrogens (tertiary/aromatic N) is 3. The number of hydrogen-bond donors (Lipinski definition) is 1. The molecule has 2 aliphatic rings. The van der Waals surface area contributed by atoms with Gasteiger partial charge in [0, 0.05) is 18.2 Å². The summed E-state index contributed by atoms with van der Waals surface area (Å²) in [6, 6.07) is 1.72. The van der Waals surface area contributed by atoms with Gasteiger partial charge in [-0.2, -0.15) is 5.10 Å². The zero-order chi connectivity index (χ0) is 14.2. The van der Waals surface area contributed by atoms with E-state index in [-0.39, 0.29) is 11.4 Å². The van der Waals surface area contributed by atoms with Gasteiger partial charge >= 0.3 is 0 Å². The Labute approximate surface area is 119 Å². The second kappa shape index (κ2) is 5.09. The Bertz CT molecular complexity index is 482. The van der Waals surface area contributed by atoms with E-state index in [1.165, 1.54) is 12.8 Å². The Morgan fingerprint density at radius 2 is 2.25 bits per heavy atom. The van der Waals surface area contributed by atoms with Gasteiger partial charge in [-0.05, 0) is 26.9 Å². The lowest BCUT2D eigenvalue weighted by Gasteiger charge is -2.36. The number of nitrogens with one attached hydrogen (secondary N) is 1. The van der Waals surface area contributed by atoms with Crippen molar-refractivity contribution in [2.75, 3.05) is 27.2 Å². The molecule has 3 rings (SSSR count). The minimum absolute atomic E-state index is 0.106. The van der Waals surface area contributed by atoms with Crippen LogP contribution in [0, 0.1) is 0 Å². The van der Waals surface area contributed by atoms with Gasteiger partial charge in [0.1, 0.15) is 6.61 Å². The van der Waals surface area contributed by atoms with Crippen molar-refractivity contribution >= 4 is 5.91 Å². The normalized spacial score (nSPS) is 19.9. The Hall–Kier alpha value is -1.56. The van der Waals surface area contributed by atoms with E-state index < -0.39 is 0 Å². The van der Waals surface area contributed by atoms with Crippen LogP contribution >= 0.6 is 0 Å². The number of carbonyl (C=O) groups is 1. The predicted octanol–water partition coefficient (Wildman–Crippen LogP) is 0.880. The van der Waals surface area contributed by atoms with E-state index in [9.17, 15) is 4.79 Å². The van der Waals surface area contributed by atoms with E-state index in [4.69, 9.17) is 4.74 Å². The number of aromatic nitrogens is 2. The van der Waals surface area contributed by atoms with Crippen molar-refractivity contribution in [3.63, 3.8) is 0 Å². The minimum atomic E-state index is -0.108. The maximum absolute atomic E-state index is 12.2. The van der Waals surface area contributed by atoms with Gasteiger partial charge in [0.15, 0.2) is 5.69 Å². The number of hydrogen-bond acceptors (Lipinski definition) is 4. The Morgan fingerprint density at radius 3 is 2.90 bits per heavy atom. The second-order valence-corrected chi connectivity index (χ2v) is 5.95. The third kappa shape index (κ3) is 2.28. The standard InChI is InChI=1S/C14H22N4O2/c1-17(2)14(5-3-4-6-14)10-15-13(19)11-9-12-18(16-11)7-8-20-12/h9H,3-8,10H2,1-2H3,(H,15,19). The molecule has 6 heteroatoms. The van der Waals surface area contributed by atoms with Crippen molar-refractivity contribution < 1.29 is 9.53 Å². The molecule has 20 heavy (non-hydrogen) atoms. The highest BCUT2D eigenvalue weighted by Gasteiger charge is 2.36. The molecule has 1 fully saturated rings. The van der Waals surface area contributed by atoms with Gasteiger partial charge in [-0.25, -0.2) is 4.68 Å². The molecule has 6 nitrogen and oxygen atoms in total. The van der Waals surface area contributed by atoms with E-state index in [0.29, 0.717) is 24.7 Å². The molecule has 1 aromatic rings. The van der Waals surface area contributed by atoms with Gasteiger partial charge < -0.3 is 15.0 Å². The maximum Gasteiger partial charge on any atom is 0.271 e. The van der Waals surface area contributed by atoms with E-state index in [2.05, 4.69) is 29.4 Å². The fourth-order valence-electron chi connectivity index (χ4n) is 3.17.